The number of H-pyrrole nitrogens is 1. The van der Waals surface area contributed by atoms with E-state index in [0.29, 0.717) is 5.16 Å². The minimum Gasteiger partial charge on any atom is -0.387 e. The van der Waals surface area contributed by atoms with Crippen molar-refractivity contribution < 1.29 is 0 Å². The Balaban J connectivity index is 2.54. The summed E-state index contributed by atoms with van der Waals surface area (Å²) in [7, 11) is 0. The van der Waals surface area contributed by atoms with Crippen molar-refractivity contribution in [1.29, 1.82) is 5.41 Å². The summed E-state index contributed by atoms with van der Waals surface area (Å²) < 4.78 is 0. The largest absolute Gasteiger partial charge is 0.387 e. The van der Waals surface area contributed by atoms with Crippen molar-refractivity contribution in [3.63, 3.8) is 0 Å². The Labute approximate surface area is 74.7 Å². The number of aromatic amines is 1. The lowest BCUT2D eigenvalue weighted by Crippen LogP contribution is -2.24. The van der Waals surface area contributed by atoms with Crippen LogP contribution in [0, 0.1) is 5.41 Å². The normalized spacial score (nSPS) is 12.8. The third-order valence-electron chi connectivity index (χ3n) is 1.36. The van der Waals surface area contributed by atoms with Crippen LogP contribution in [0.4, 0.5) is 0 Å². The summed E-state index contributed by atoms with van der Waals surface area (Å²) in [6, 6.07) is 0. The molecule has 0 saturated heterocycles. The van der Waals surface area contributed by atoms with Crippen molar-refractivity contribution in [2.24, 2.45) is 5.73 Å². The number of hydrogen-bond donors (Lipinski definition) is 3. The van der Waals surface area contributed by atoms with Crippen molar-refractivity contribution in [3.05, 3.63) is 6.33 Å². The minimum atomic E-state index is -0.00190. The van der Waals surface area contributed by atoms with Crippen LogP contribution in [0.15, 0.2) is 11.5 Å². The van der Waals surface area contributed by atoms with E-state index in [2.05, 4.69) is 15.2 Å². The van der Waals surface area contributed by atoms with E-state index in [0.717, 1.165) is 6.42 Å². The third-order valence-corrected chi connectivity index (χ3v) is 2.66. The first kappa shape index (κ1) is 9.05. The van der Waals surface area contributed by atoms with Crippen LogP contribution in [0.2, 0.25) is 0 Å². The van der Waals surface area contributed by atoms with Gasteiger partial charge in [0.1, 0.15) is 12.2 Å². The molecular formula is C6H11N5S. The lowest BCUT2D eigenvalue weighted by molar-refractivity contribution is 0.945. The molecule has 6 heteroatoms. The van der Waals surface area contributed by atoms with Crippen LogP contribution in [0.25, 0.3) is 0 Å². The molecule has 0 spiro atoms. The van der Waals surface area contributed by atoms with Crippen LogP contribution in [-0.2, 0) is 0 Å². The fourth-order valence-electron chi connectivity index (χ4n) is 0.753. The Morgan fingerprint density at radius 1 is 1.92 bits per heavy atom. The molecule has 0 aliphatic heterocycles. The van der Waals surface area contributed by atoms with E-state index in [1.807, 2.05) is 6.92 Å². The molecule has 4 N–H and O–H groups in total. The van der Waals surface area contributed by atoms with Crippen molar-refractivity contribution in [3.8, 4) is 0 Å². The Hall–Kier alpha value is -1.04. The maximum absolute atomic E-state index is 7.25. The standard InChI is InChI=1S/C6H11N5S/c1-2-4(5(7)8)12-6-9-3-10-11-6/h3-4H,2H2,1H3,(H3,7,8)(H,9,10,11). The van der Waals surface area contributed by atoms with Gasteiger partial charge in [-0.15, -0.1) is 0 Å². The van der Waals surface area contributed by atoms with Gasteiger partial charge < -0.3 is 5.73 Å². The third kappa shape index (κ3) is 2.23. The number of amidine groups is 1. The number of hydrogen-bond acceptors (Lipinski definition) is 4. The van der Waals surface area contributed by atoms with Gasteiger partial charge in [0, 0.05) is 0 Å². The molecule has 1 aromatic heterocycles. The second-order valence-electron chi connectivity index (χ2n) is 2.26. The molecular weight excluding hydrogens is 174 g/mol. The van der Waals surface area contributed by atoms with Crippen molar-refractivity contribution in [1.82, 2.24) is 15.2 Å². The lowest BCUT2D eigenvalue weighted by atomic mass is 10.3. The molecule has 1 atom stereocenters. The molecule has 0 saturated carbocycles. The highest BCUT2D eigenvalue weighted by Crippen LogP contribution is 2.20. The monoisotopic (exact) mass is 185 g/mol. The van der Waals surface area contributed by atoms with E-state index in [1.54, 1.807) is 0 Å². The highest BCUT2D eigenvalue weighted by molar-refractivity contribution is 8.00. The molecule has 0 radical (unpaired) electrons. The van der Waals surface area contributed by atoms with Crippen LogP contribution in [-0.4, -0.2) is 26.3 Å². The summed E-state index contributed by atoms with van der Waals surface area (Å²) >= 11 is 1.42. The fraction of sp³-hybridized carbons (Fsp3) is 0.500. The van der Waals surface area contributed by atoms with E-state index < -0.39 is 0 Å². The van der Waals surface area contributed by atoms with Gasteiger partial charge in [-0.1, -0.05) is 18.7 Å². The second kappa shape index (κ2) is 4.10. The molecule has 66 valence electrons. The number of nitrogens with two attached hydrogens (primary N) is 1. The molecule has 0 aliphatic carbocycles. The molecule has 0 fully saturated rings. The maximum Gasteiger partial charge on any atom is 0.184 e. The first-order valence-electron chi connectivity index (χ1n) is 3.60. The molecule has 1 unspecified atom stereocenters. The van der Waals surface area contributed by atoms with E-state index >= 15 is 0 Å². The van der Waals surface area contributed by atoms with Gasteiger partial charge in [0.25, 0.3) is 0 Å². The Morgan fingerprint density at radius 2 is 2.67 bits per heavy atom. The van der Waals surface area contributed by atoms with Gasteiger partial charge in [0.2, 0.25) is 0 Å². The number of aromatic nitrogens is 3. The van der Waals surface area contributed by atoms with Crippen molar-refractivity contribution in [2.75, 3.05) is 0 Å². The van der Waals surface area contributed by atoms with Gasteiger partial charge in [-0.25, -0.2) is 4.98 Å². The lowest BCUT2D eigenvalue weighted by Gasteiger charge is -2.09. The van der Waals surface area contributed by atoms with E-state index in [9.17, 15) is 0 Å². The van der Waals surface area contributed by atoms with Gasteiger partial charge >= 0.3 is 0 Å². The summed E-state index contributed by atoms with van der Waals surface area (Å²) in [5.74, 6) is 0.180. The molecule has 1 rings (SSSR count). The smallest absolute Gasteiger partial charge is 0.184 e. The maximum atomic E-state index is 7.25. The number of rotatable bonds is 4. The molecule has 12 heavy (non-hydrogen) atoms. The molecule has 1 heterocycles. The minimum absolute atomic E-state index is 0.00190. The quantitative estimate of drug-likeness (QED) is 0.364. The van der Waals surface area contributed by atoms with E-state index in [1.165, 1.54) is 18.1 Å². The SMILES string of the molecule is CCC(Sc1ncn[nH]1)C(=N)N. The molecule has 0 aliphatic rings. The van der Waals surface area contributed by atoms with Crippen LogP contribution < -0.4 is 5.73 Å². The zero-order chi connectivity index (χ0) is 8.97. The van der Waals surface area contributed by atoms with E-state index in [-0.39, 0.29) is 11.1 Å². The highest BCUT2D eigenvalue weighted by Gasteiger charge is 2.12. The summed E-state index contributed by atoms with van der Waals surface area (Å²) in [6.45, 7) is 1.98. The summed E-state index contributed by atoms with van der Waals surface area (Å²) in [4.78, 5) is 3.93. The zero-order valence-corrected chi connectivity index (χ0v) is 7.56. The first-order valence-corrected chi connectivity index (χ1v) is 4.48. The van der Waals surface area contributed by atoms with Gasteiger partial charge in [0.05, 0.1) is 5.25 Å². The number of nitrogens with one attached hydrogen (secondary N) is 2. The predicted molar refractivity (Wildman–Crippen MR) is 48.2 cm³/mol. The fourth-order valence-corrected chi connectivity index (χ4v) is 1.53. The molecule has 5 nitrogen and oxygen atoms in total. The van der Waals surface area contributed by atoms with Crippen LogP contribution >= 0.6 is 11.8 Å². The molecule has 0 amide bonds. The average Bonchev–Trinajstić information content (AvgIpc) is 2.51. The van der Waals surface area contributed by atoms with Gasteiger partial charge in [-0.05, 0) is 6.42 Å². The highest BCUT2D eigenvalue weighted by atomic mass is 32.2. The van der Waals surface area contributed by atoms with Gasteiger partial charge in [-0.2, -0.15) is 5.10 Å². The first-order chi connectivity index (χ1) is 5.74. The summed E-state index contributed by atoms with van der Waals surface area (Å²) in [6.07, 6.45) is 2.26. The zero-order valence-electron chi connectivity index (χ0n) is 6.74. The molecule has 0 aromatic carbocycles. The molecule has 0 bridgehead atoms. The predicted octanol–water partition coefficient (Wildman–Crippen LogP) is 0.611. The topological polar surface area (TPSA) is 91.4 Å². The summed E-state index contributed by atoms with van der Waals surface area (Å²) in [5, 5.41) is 14.4. The van der Waals surface area contributed by atoms with Crippen molar-refractivity contribution in [2.45, 2.75) is 23.8 Å². The molecule has 1 aromatic rings. The Kier molecular flexibility index (Phi) is 3.09. The van der Waals surface area contributed by atoms with Crippen LogP contribution in [0.1, 0.15) is 13.3 Å². The second-order valence-corrected chi connectivity index (χ2v) is 3.45. The van der Waals surface area contributed by atoms with E-state index in [4.69, 9.17) is 11.1 Å². The Morgan fingerprint density at radius 3 is 3.08 bits per heavy atom. The van der Waals surface area contributed by atoms with Gasteiger partial charge in [0.15, 0.2) is 5.16 Å². The van der Waals surface area contributed by atoms with Crippen LogP contribution in [0.3, 0.4) is 0 Å². The van der Waals surface area contributed by atoms with Crippen LogP contribution in [0.5, 0.6) is 0 Å². The van der Waals surface area contributed by atoms with Gasteiger partial charge in [-0.3, -0.25) is 10.5 Å². The van der Waals surface area contributed by atoms with Crippen molar-refractivity contribution >= 4 is 17.6 Å². The Bertz CT molecular complexity index is 244. The number of thioether (sulfide) groups is 1. The number of nitrogens with zero attached hydrogens (tertiary/aromatic N) is 2. The average molecular weight is 185 g/mol. The summed E-state index contributed by atoms with van der Waals surface area (Å²) in [5.41, 5.74) is 5.36.